The highest BCUT2D eigenvalue weighted by Gasteiger charge is 2.24. The molecule has 2 saturated heterocycles. The third-order valence-electron chi connectivity index (χ3n) is 3.59. The molecule has 5 heteroatoms. The SMILES string of the molecule is O=C1CCC(C(=O)NCCC2CCCN2)CN1. The number of nitrogens with one attached hydrogen (secondary N) is 3. The number of hydrogen-bond acceptors (Lipinski definition) is 3. The van der Waals surface area contributed by atoms with E-state index in [1.165, 1.54) is 12.8 Å². The summed E-state index contributed by atoms with van der Waals surface area (Å²) in [4.78, 5) is 22.8. The van der Waals surface area contributed by atoms with Crippen LogP contribution in [0.15, 0.2) is 0 Å². The van der Waals surface area contributed by atoms with Gasteiger partial charge >= 0.3 is 0 Å². The fourth-order valence-corrected chi connectivity index (χ4v) is 2.47. The number of piperidine rings is 1. The molecule has 3 N–H and O–H groups in total. The van der Waals surface area contributed by atoms with E-state index in [1.54, 1.807) is 0 Å². The van der Waals surface area contributed by atoms with Gasteiger partial charge in [0.15, 0.2) is 0 Å². The molecule has 0 saturated carbocycles. The lowest BCUT2D eigenvalue weighted by Crippen LogP contribution is -2.43. The minimum atomic E-state index is -0.0377. The van der Waals surface area contributed by atoms with E-state index in [1.807, 2.05) is 0 Å². The number of carbonyl (C=O) groups is 2. The number of rotatable bonds is 4. The molecule has 2 rings (SSSR count). The predicted octanol–water partition coefficient (Wildman–Crippen LogP) is -0.229. The lowest BCUT2D eigenvalue weighted by Gasteiger charge is -2.22. The highest BCUT2D eigenvalue weighted by Crippen LogP contribution is 2.11. The van der Waals surface area contributed by atoms with Gasteiger partial charge in [0.05, 0.1) is 5.92 Å². The Hall–Kier alpha value is -1.10. The van der Waals surface area contributed by atoms with Gasteiger partial charge < -0.3 is 16.0 Å². The molecule has 17 heavy (non-hydrogen) atoms. The Labute approximate surface area is 102 Å². The number of amides is 2. The van der Waals surface area contributed by atoms with E-state index >= 15 is 0 Å². The van der Waals surface area contributed by atoms with Crippen molar-refractivity contribution in [3.63, 3.8) is 0 Å². The average molecular weight is 239 g/mol. The first kappa shape index (κ1) is 12.4. The molecule has 0 spiro atoms. The molecule has 0 aromatic carbocycles. The van der Waals surface area contributed by atoms with Crippen LogP contribution in [0.5, 0.6) is 0 Å². The van der Waals surface area contributed by atoms with Crippen molar-refractivity contribution in [1.82, 2.24) is 16.0 Å². The monoisotopic (exact) mass is 239 g/mol. The maximum absolute atomic E-state index is 11.8. The van der Waals surface area contributed by atoms with Crippen LogP contribution < -0.4 is 16.0 Å². The Morgan fingerprint density at radius 2 is 2.29 bits per heavy atom. The smallest absolute Gasteiger partial charge is 0.224 e. The summed E-state index contributed by atoms with van der Waals surface area (Å²) >= 11 is 0. The van der Waals surface area contributed by atoms with Crippen molar-refractivity contribution in [3.8, 4) is 0 Å². The molecular weight excluding hydrogens is 218 g/mol. The third-order valence-corrected chi connectivity index (χ3v) is 3.59. The van der Waals surface area contributed by atoms with Crippen LogP contribution in [0.4, 0.5) is 0 Å². The quantitative estimate of drug-likeness (QED) is 0.635. The molecule has 2 unspecified atom stereocenters. The molecule has 0 aromatic heterocycles. The van der Waals surface area contributed by atoms with Crippen LogP contribution in [0.1, 0.15) is 32.1 Å². The van der Waals surface area contributed by atoms with Gasteiger partial charge in [0.25, 0.3) is 0 Å². The van der Waals surface area contributed by atoms with Crippen molar-refractivity contribution in [1.29, 1.82) is 0 Å². The lowest BCUT2D eigenvalue weighted by atomic mass is 9.98. The van der Waals surface area contributed by atoms with Crippen LogP contribution in [0.25, 0.3) is 0 Å². The van der Waals surface area contributed by atoms with Gasteiger partial charge in [-0.05, 0) is 32.2 Å². The normalized spacial score (nSPS) is 28.8. The molecule has 5 nitrogen and oxygen atoms in total. The van der Waals surface area contributed by atoms with E-state index in [0.717, 1.165) is 19.5 Å². The zero-order valence-corrected chi connectivity index (χ0v) is 10.1. The second kappa shape index (κ2) is 6.00. The Bertz CT molecular complexity index is 277. The fraction of sp³-hybridized carbons (Fsp3) is 0.833. The Balaban J connectivity index is 1.61. The molecule has 2 atom stereocenters. The first-order valence-corrected chi connectivity index (χ1v) is 6.53. The van der Waals surface area contributed by atoms with Crippen LogP contribution in [0.2, 0.25) is 0 Å². The van der Waals surface area contributed by atoms with Gasteiger partial charge in [-0.1, -0.05) is 0 Å². The zero-order chi connectivity index (χ0) is 12.1. The van der Waals surface area contributed by atoms with E-state index < -0.39 is 0 Å². The van der Waals surface area contributed by atoms with E-state index in [0.29, 0.717) is 25.4 Å². The minimum Gasteiger partial charge on any atom is -0.356 e. The summed E-state index contributed by atoms with van der Waals surface area (Å²) in [6.07, 6.45) is 4.62. The molecule has 0 bridgehead atoms. The van der Waals surface area contributed by atoms with E-state index in [-0.39, 0.29) is 17.7 Å². The molecule has 2 aliphatic heterocycles. The zero-order valence-electron chi connectivity index (χ0n) is 10.1. The second-order valence-corrected chi connectivity index (χ2v) is 4.91. The topological polar surface area (TPSA) is 70.2 Å². The van der Waals surface area contributed by atoms with Gasteiger partial charge in [-0.15, -0.1) is 0 Å². The van der Waals surface area contributed by atoms with Crippen molar-refractivity contribution in [3.05, 3.63) is 0 Å². The first-order valence-electron chi connectivity index (χ1n) is 6.53. The molecule has 2 heterocycles. The van der Waals surface area contributed by atoms with Crippen molar-refractivity contribution in [2.24, 2.45) is 5.92 Å². The van der Waals surface area contributed by atoms with E-state index in [4.69, 9.17) is 0 Å². The Morgan fingerprint density at radius 1 is 1.41 bits per heavy atom. The summed E-state index contributed by atoms with van der Waals surface area (Å²) in [6, 6.07) is 0.571. The van der Waals surface area contributed by atoms with Gasteiger partial charge in [-0.2, -0.15) is 0 Å². The summed E-state index contributed by atoms with van der Waals surface area (Å²) in [5.41, 5.74) is 0. The van der Waals surface area contributed by atoms with Crippen molar-refractivity contribution < 1.29 is 9.59 Å². The molecule has 2 fully saturated rings. The number of hydrogen-bond donors (Lipinski definition) is 3. The average Bonchev–Trinajstić information content (AvgIpc) is 2.83. The van der Waals surface area contributed by atoms with Gasteiger partial charge in [-0.25, -0.2) is 0 Å². The van der Waals surface area contributed by atoms with Crippen molar-refractivity contribution in [2.45, 2.75) is 38.1 Å². The van der Waals surface area contributed by atoms with E-state index in [9.17, 15) is 9.59 Å². The molecule has 0 radical (unpaired) electrons. The summed E-state index contributed by atoms with van der Waals surface area (Å²) < 4.78 is 0. The van der Waals surface area contributed by atoms with Crippen LogP contribution in [-0.2, 0) is 9.59 Å². The first-order chi connectivity index (χ1) is 8.25. The molecular formula is C12H21N3O2. The summed E-state index contributed by atoms with van der Waals surface area (Å²) in [6.45, 7) is 2.33. The van der Waals surface area contributed by atoms with Gasteiger partial charge in [0.1, 0.15) is 0 Å². The molecule has 2 amide bonds. The van der Waals surface area contributed by atoms with Gasteiger partial charge in [0.2, 0.25) is 11.8 Å². The summed E-state index contributed by atoms with van der Waals surface area (Å²) in [5, 5.41) is 9.10. The molecule has 0 aromatic rings. The largest absolute Gasteiger partial charge is 0.356 e. The van der Waals surface area contributed by atoms with Crippen LogP contribution in [0, 0.1) is 5.92 Å². The van der Waals surface area contributed by atoms with Crippen LogP contribution in [-0.4, -0.2) is 37.5 Å². The Kier molecular flexibility index (Phi) is 4.36. The molecule has 2 aliphatic rings. The predicted molar refractivity (Wildman–Crippen MR) is 64.4 cm³/mol. The van der Waals surface area contributed by atoms with Crippen molar-refractivity contribution >= 4 is 11.8 Å². The summed E-state index contributed by atoms with van der Waals surface area (Å²) in [5.74, 6) is 0.108. The van der Waals surface area contributed by atoms with Crippen LogP contribution >= 0.6 is 0 Å². The third kappa shape index (κ3) is 3.70. The highest BCUT2D eigenvalue weighted by atomic mass is 16.2. The van der Waals surface area contributed by atoms with Crippen LogP contribution in [0.3, 0.4) is 0 Å². The van der Waals surface area contributed by atoms with Gasteiger partial charge in [0, 0.05) is 25.6 Å². The molecule has 96 valence electrons. The standard InChI is InChI=1S/C12H21N3O2/c16-11-4-3-9(8-15-11)12(17)14-7-5-10-2-1-6-13-10/h9-10,13H,1-8H2,(H,14,17)(H,15,16). The fourth-order valence-electron chi connectivity index (χ4n) is 2.47. The Morgan fingerprint density at radius 3 is 2.94 bits per heavy atom. The van der Waals surface area contributed by atoms with Gasteiger partial charge in [-0.3, -0.25) is 9.59 Å². The second-order valence-electron chi connectivity index (χ2n) is 4.91. The lowest BCUT2D eigenvalue weighted by molar-refractivity contribution is -0.128. The van der Waals surface area contributed by atoms with Crippen molar-refractivity contribution in [2.75, 3.05) is 19.6 Å². The van der Waals surface area contributed by atoms with E-state index in [2.05, 4.69) is 16.0 Å². The summed E-state index contributed by atoms with van der Waals surface area (Å²) in [7, 11) is 0. The maximum Gasteiger partial charge on any atom is 0.224 e. The molecule has 0 aliphatic carbocycles. The highest BCUT2D eigenvalue weighted by molar-refractivity contribution is 5.83. The number of carbonyl (C=O) groups excluding carboxylic acids is 2. The maximum atomic E-state index is 11.8. The minimum absolute atomic E-state index is 0.0377.